The van der Waals surface area contributed by atoms with Gasteiger partial charge in [-0.1, -0.05) is 6.07 Å². The predicted molar refractivity (Wildman–Crippen MR) is 133 cm³/mol. The van der Waals surface area contributed by atoms with Crippen LogP contribution in [0.1, 0.15) is 18.5 Å². The molecule has 0 aliphatic carbocycles. The number of aromatic nitrogens is 1. The summed E-state index contributed by atoms with van der Waals surface area (Å²) in [6.45, 7) is 4.52. The zero-order valence-electron chi connectivity index (χ0n) is 20.9. The van der Waals surface area contributed by atoms with Gasteiger partial charge in [0, 0.05) is 32.4 Å². The van der Waals surface area contributed by atoms with Gasteiger partial charge in [-0.2, -0.15) is 0 Å². The van der Waals surface area contributed by atoms with Crippen molar-refractivity contribution in [2.75, 3.05) is 59.0 Å². The fourth-order valence-electron chi connectivity index (χ4n) is 4.43. The van der Waals surface area contributed by atoms with Crippen LogP contribution < -0.4 is 24.4 Å². The van der Waals surface area contributed by atoms with Crippen LogP contribution in [0.25, 0.3) is 0 Å². The summed E-state index contributed by atoms with van der Waals surface area (Å²) in [7, 11) is 4.52. The Bertz CT molecular complexity index is 1090. The van der Waals surface area contributed by atoms with E-state index in [1.165, 1.54) is 21.3 Å². The number of guanidine groups is 1. The highest BCUT2D eigenvalue weighted by Gasteiger charge is 2.43. The quantitative estimate of drug-likeness (QED) is 0.450. The summed E-state index contributed by atoms with van der Waals surface area (Å²) in [5.41, 5.74) is 0.571. The first-order chi connectivity index (χ1) is 17.5. The van der Waals surface area contributed by atoms with Gasteiger partial charge >= 0.3 is 5.97 Å². The van der Waals surface area contributed by atoms with Crippen LogP contribution in [-0.2, 0) is 14.3 Å². The van der Waals surface area contributed by atoms with Crippen LogP contribution in [0.3, 0.4) is 0 Å². The van der Waals surface area contributed by atoms with Gasteiger partial charge in [0.05, 0.1) is 27.9 Å². The predicted octanol–water partition coefficient (Wildman–Crippen LogP) is 1.64. The highest BCUT2D eigenvalue weighted by molar-refractivity contribution is 6.08. The van der Waals surface area contributed by atoms with Gasteiger partial charge in [-0.15, -0.1) is 0 Å². The number of ether oxygens (including phenoxy) is 4. The second kappa shape index (κ2) is 11.1. The van der Waals surface area contributed by atoms with E-state index < -0.39 is 23.8 Å². The van der Waals surface area contributed by atoms with Crippen molar-refractivity contribution in [1.29, 1.82) is 0 Å². The highest BCUT2D eigenvalue weighted by Crippen LogP contribution is 2.42. The Hall–Kier alpha value is -4.02. The maximum atomic E-state index is 13.2. The van der Waals surface area contributed by atoms with Crippen molar-refractivity contribution in [3.63, 3.8) is 0 Å². The second-order valence-electron chi connectivity index (χ2n) is 8.24. The average Bonchev–Trinajstić information content (AvgIpc) is 2.92. The smallest absolute Gasteiger partial charge is 0.321 e. The zero-order chi connectivity index (χ0) is 25.7. The van der Waals surface area contributed by atoms with Gasteiger partial charge in [0.1, 0.15) is 11.9 Å². The van der Waals surface area contributed by atoms with Crippen molar-refractivity contribution < 1.29 is 28.5 Å². The normalized spacial score (nSPS) is 19.8. The summed E-state index contributed by atoms with van der Waals surface area (Å²) in [6, 6.07) is 8.39. The number of nitrogens with zero attached hydrogens (tertiary/aromatic N) is 4. The molecule has 36 heavy (non-hydrogen) atoms. The number of methoxy groups -OCH3 is 3. The molecule has 2 aromatic rings. The van der Waals surface area contributed by atoms with E-state index in [4.69, 9.17) is 23.9 Å². The first kappa shape index (κ1) is 25.1. The van der Waals surface area contributed by atoms with Gasteiger partial charge < -0.3 is 28.7 Å². The number of nitrogens with one attached hydrogen (secondary N) is 1. The van der Waals surface area contributed by atoms with Crippen LogP contribution in [0.5, 0.6) is 17.2 Å². The Balaban J connectivity index is 1.67. The van der Waals surface area contributed by atoms with Gasteiger partial charge in [0.15, 0.2) is 17.4 Å². The Morgan fingerprint density at radius 1 is 1.03 bits per heavy atom. The molecule has 0 unspecified atom stereocenters. The van der Waals surface area contributed by atoms with Gasteiger partial charge in [-0.05, 0) is 36.8 Å². The molecule has 1 saturated heterocycles. The van der Waals surface area contributed by atoms with Crippen LogP contribution in [-0.4, -0.2) is 81.8 Å². The molecule has 0 spiro atoms. The highest BCUT2D eigenvalue weighted by atomic mass is 16.5. The lowest BCUT2D eigenvalue weighted by Crippen LogP contribution is -2.57. The third-order valence-electron chi connectivity index (χ3n) is 6.22. The molecule has 4 rings (SSSR count). The molecule has 1 N–H and O–H groups in total. The molecule has 0 saturated carbocycles. The Labute approximate surface area is 210 Å². The number of pyridine rings is 1. The Kier molecular flexibility index (Phi) is 7.77. The lowest BCUT2D eigenvalue weighted by molar-refractivity contribution is -0.153. The van der Waals surface area contributed by atoms with Gasteiger partial charge in [-0.25, -0.2) is 9.98 Å². The number of carbonyl (C=O) groups is 2. The van der Waals surface area contributed by atoms with Crippen molar-refractivity contribution in [3.05, 3.63) is 42.1 Å². The number of esters is 1. The zero-order valence-corrected chi connectivity index (χ0v) is 20.9. The molecule has 0 radical (unpaired) electrons. The summed E-state index contributed by atoms with van der Waals surface area (Å²) in [5.74, 6) is 0.269. The number of aliphatic imine (C=N–C) groups is 1. The summed E-state index contributed by atoms with van der Waals surface area (Å²) >= 11 is 0. The van der Waals surface area contributed by atoms with Crippen molar-refractivity contribution in [1.82, 2.24) is 15.2 Å². The summed E-state index contributed by atoms with van der Waals surface area (Å²) in [6.07, 6.45) is 1.77. The molecule has 3 heterocycles. The van der Waals surface area contributed by atoms with Crippen molar-refractivity contribution in [3.8, 4) is 17.2 Å². The van der Waals surface area contributed by atoms with Crippen LogP contribution in [0.4, 0.5) is 5.82 Å². The first-order valence-corrected chi connectivity index (χ1v) is 11.8. The van der Waals surface area contributed by atoms with E-state index in [1.807, 2.05) is 23.1 Å². The van der Waals surface area contributed by atoms with Crippen LogP contribution in [0, 0.1) is 5.92 Å². The SMILES string of the molecule is CCOC(=O)[C@H]1C(=O)NC(N2CCN(c3ccccn3)CC2)=N[C@@H]1c1cc(OC)c(OC)c(OC)c1. The fraction of sp³-hybridized carbons (Fsp3) is 0.440. The number of rotatable bonds is 7. The van der Waals surface area contributed by atoms with Crippen molar-refractivity contribution >= 4 is 23.7 Å². The number of hydrogen-bond acceptors (Lipinski definition) is 10. The molecular weight excluding hydrogens is 466 g/mol. The summed E-state index contributed by atoms with van der Waals surface area (Å²) in [4.78, 5) is 39.5. The van der Waals surface area contributed by atoms with E-state index in [9.17, 15) is 9.59 Å². The number of carbonyl (C=O) groups excluding carboxylic acids is 2. The van der Waals surface area contributed by atoms with Gasteiger partial charge in [0.25, 0.3) is 0 Å². The van der Waals surface area contributed by atoms with E-state index in [0.717, 1.165) is 5.82 Å². The number of anilines is 1. The minimum absolute atomic E-state index is 0.149. The molecule has 1 aromatic heterocycles. The molecular formula is C25H31N5O6. The largest absolute Gasteiger partial charge is 0.493 e. The molecule has 2 atom stereocenters. The van der Waals surface area contributed by atoms with Crippen molar-refractivity contribution in [2.24, 2.45) is 10.9 Å². The van der Waals surface area contributed by atoms with Crippen LogP contribution in [0.2, 0.25) is 0 Å². The first-order valence-electron chi connectivity index (χ1n) is 11.8. The maximum absolute atomic E-state index is 13.2. The lowest BCUT2D eigenvalue weighted by atomic mass is 9.90. The summed E-state index contributed by atoms with van der Waals surface area (Å²) < 4.78 is 21.6. The van der Waals surface area contributed by atoms with Crippen LogP contribution in [0.15, 0.2) is 41.5 Å². The third kappa shape index (κ3) is 5.00. The fourth-order valence-corrected chi connectivity index (χ4v) is 4.43. The molecule has 192 valence electrons. The lowest BCUT2D eigenvalue weighted by Gasteiger charge is -2.39. The van der Waals surface area contributed by atoms with Gasteiger partial charge in [-0.3, -0.25) is 14.9 Å². The minimum atomic E-state index is -1.16. The van der Waals surface area contributed by atoms with E-state index in [2.05, 4.69) is 15.2 Å². The molecule has 0 bridgehead atoms. The molecule has 1 fully saturated rings. The van der Waals surface area contributed by atoms with E-state index >= 15 is 0 Å². The number of amides is 1. The number of benzene rings is 1. The summed E-state index contributed by atoms with van der Waals surface area (Å²) in [5, 5.41) is 2.82. The van der Waals surface area contributed by atoms with E-state index in [0.29, 0.717) is 55.0 Å². The Morgan fingerprint density at radius 3 is 2.25 bits per heavy atom. The molecule has 11 heteroatoms. The molecule has 2 aliphatic heterocycles. The average molecular weight is 498 g/mol. The molecule has 1 amide bonds. The number of piperazine rings is 1. The van der Waals surface area contributed by atoms with E-state index in [-0.39, 0.29) is 6.61 Å². The molecule has 2 aliphatic rings. The second-order valence-corrected chi connectivity index (χ2v) is 8.24. The topological polar surface area (TPSA) is 115 Å². The van der Waals surface area contributed by atoms with Crippen molar-refractivity contribution in [2.45, 2.75) is 13.0 Å². The minimum Gasteiger partial charge on any atom is -0.493 e. The molecule has 1 aromatic carbocycles. The monoisotopic (exact) mass is 497 g/mol. The third-order valence-corrected chi connectivity index (χ3v) is 6.22. The maximum Gasteiger partial charge on any atom is 0.321 e. The standard InChI is InChI=1S/C25H31N5O6/c1-5-36-24(32)20-21(16-14-17(33-2)22(35-4)18(15-16)34-3)27-25(28-23(20)31)30-12-10-29(11-13-30)19-8-6-7-9-26-19/h6-9,14-15,20-21H,5,10-13H2,1-4H3,(H,27,28,31)/t20-,21-/m1/s1. The van der Waals surface area contributed by atoms with Gasteiger partial charge in [0.2, 0.25) is 17.6 Å². The van der Waals surface area contributed by atoms with E-state index in [1.54, 1.807) is 25.3 Å². The molecule has 11 nitrogen and oxygen atoms in total. The number of hydrogen-bond donors (Lipinski definition) is 1. The Morgan fingerprint density at radius 2 is 1.69 bits per heavy atom. The van der Waals surface area contributed by atoms with Crippen LogP contribution >= 0.6 is 0 Å².